The van der Waals surface area contributed by atoms with Gasteiger partial charge in [0.15, 0.2) is 17.0 Å². The molecule has 0 amide bonds. The molecule has 176 valence electrons. The number of nitriles is 1. The zero-order valence-corrected chi connectivity index (χ0v) is 18.7. The number of hydrogen-bond donors (Lipinski definition) is 3. The lowest BCUT2D eigenvalue weighted by Gasteiger charge is -2.36. The van der Waals surface area contributed by atoms with E-state index >= 15 is 0 Å². The number of imidazole rings is 1. The Bertz CT molecular complexity index is 1620. The Kier molecular flexibility index (Phi) is 4.95. The zero-order valence-electron chi connectivity index (χ0n) is 18.7. The molecule has 6 rings (SSSR count). The summed E-state index contributed by atoms with van der Waals surface area (Å²) in [6, 6.07) is 8.34. The number of anilines is 2. The highest BCUT2D eigenvalue weighted by atomic mass is 16.3. The van der Waals surface area contributed by atoms with Crippen LogP contribution in [0.15, 0.2) is 40.4 Å². The molecule has 0 bridgehead atoms. The Balaban J connectivity index is 1.46. The second-order valence-electron chi connectivity index (χ2n) is 8.59. The van der Waals surface area contributed by atoms with Crippen molar-refractivity contribution in [1.82, 2.24) is 29.5 Å². The fourth-order valence-corrected chi connectivity index (χ4v) is 4.25. The summed E-state index contributed by atoms with van der Waals surface area (Å²) in [5, 5.41) is 25.1. The van der Waals surface area contributed by atoms with E-state index in [1.165, 1.54) is 0 Å². The molecule has 0 aromatic carbocycles. The number of piperazine rings is 1. The van der Waals surface area contributed by atoms with Gasteiger partial charge in [0.2, 0.25) is 5.88 Å². The van der Waals surface area contributed by atoms with Crippen molar-refractivity contribution in [3.63, 3.8) is 0 Å². The van der Waals surface area contributed by atoms with Gasteiger partial charge in [-0.25, -0.2) is 14.8 Å². The van der Waals surface area contributed by atoms with Gasteiger partial charge in [0, 0.05) is 37.6 Å². The molecule has 0 spiro atoms. The molecule has 1 saturated heterocycles. The quantitative estimate of drug-likeness (QED) is 0.366. The van der Waals surface area contributed by atoms with Gasteiger partial charge in [-0.05, 0) is 31.1 Å². The normalized spacial score (nSPS) is 17.3. The van der Waals surface area contributed by atoms with Crippen LogP contribution in [0.3, 0.4) is 0 Å². The summed E-state index contributed by atoms with van der Waals surface area (Å²) in [6.07, 6.45) is 6.92. The summed E-state index contributed by atoms with van der Waals surface area (Å²) >= 11 is 0. The van der Waals surface area contributed by atoms with E-state index in [0.29, 0.717) is 40.8 Å². The van der Waals surface area contributed by atoms with E-state index in [0.717, 1.165) is 31.7 Å². The molecule has 5 heterocycles. The van der Waals surface area contributed by atoms with Crippen molar-refractivity contribution < 1.29 is 5.11 Å². The number of rotatable bonds is 4. The maximum Gasteiger partial charge on any atom is 0.326 e. The number of H-pyrrole nitrogens is 2. The fourth-order valence-electron chi connectivity index (χ4n) is 4.25. The van der Waals surface area contributed by atoms with Gasteiger partial charge in [-0.1, -0.05) is 6.07 Å². The highest BCUT2D eigenvalue weighted by molar-refractivity contribution is 5.62. The molecule has 1 aliphatic heterocycles. The molecule has 1 saturated carbocycles. The van der Waals surface area contributed by atoms with Crippen molar-refractivity contribution in [2.75, 3.05) is 36.0 Å². The average Bonchev–Trinajstić information content (AvgIpc) is 3.53. The predicted molar refractivity (Wildman–Crippen MR) is 127 cm³/mol. The Morgan fingerprint density at radius 3 is 2.63 bits per heavy atom. The predicted octanol–water partition coefficient (Wildman–Crippen LogP) is -0.345. The Labute approximate surface area is 198 Å². The first-order valence-corrected chi connectivity index (χ1v) is 11.4. The van der Waals surface area contributed by atoms with Gasteiger partial charge < -0.3 is 19.9 Å². The first-order valence-electron chi connectivity index (χ1n) is 11.4. The number of nitrogens with one attached hydrogen (secondary N) is 2. The molecule has 2 fully saturated rings. The van der Waals surface area contributed by atoms with Gasteiger partial charge in [-0.3, -0.25) is 9.98 Å². The van der Waals surface area contributed by atoms with Crippen LogP contribution in [-0.4, -0.2) is 66.9 Å². The standard InChI is InChI=1S/C23H22N10O2/c24-12-16-20(32-9-7-31(8-10-32)18-3-1-2-6-25-18)29-19-14(11-17-22(34)30-23(35)28-17)13-26-33(19)21(16)27-15-4-5-15/h1-3,6,11,13,15,34H,4-5,7-10H2,(H2,28,30,35)/b14-11-,27-21?. The first kappa shape index (κ1) is 20.9. The number of nitrogens with zero attached hydrogens (tertiary/aromatic N) is 8. The number of hydrogen-bond acceptors (Lipinski definition) is 9. The van der Waals surface area contributed by atoms with E-state index in [4.69, 9.17) is 9.98 Å². The van der Waals surface area contributed by atoms with Crippen LogP contribution in [0.4, 0.5) is 11.6 Å². The number of aromatic amines is 2. The minimum absolute atomic E-state index is 0.170. The van der Waals surface area contributed by atoms with Crippen molar-refractivity contribution in [3.8, 4) is 11.9 Å². The summed E-state index contributed by atoms with van der Waals surface area (Å²) in [7, 11) is 0. The third-order valence-corrected chi connectivity index (χ3v) is 6.18. The van der Waals surface area contributed by atoms with Gasteiger partial charge in [0.05, 0.1) is 12.2 Å². The minimum Gasteiger partial charge on any atom is -0.493 e. The number of aromatic hydroxyl groups is 1. The second kappa shape index (κ2) is 8.28. The van der Waals surface area contributed by atoms with Crippen LogP contribution in [0.1, 0.15) is 24.1 Å². The molecular formula is C23H22N10O2. The third-order valence-electron chi connectivity index (χ3n) is 6.18. The fraction of sp³-hybridized carbons (Fsp3) is 0.304. The Morgan fingerprint density at radius 2 is 1.97 bits per heavy atom. The van der Waals surface area contributed by atoms with Gasteiger partial charge in [-0.2, -0.15) is 14.9 Å². The van der Waals surface area contributed by atoms with Crippen LogP contribution in [0.25, 0.3) is 11.7 Å². The molecule has 0 atom stereocenters. The largest absolute Gasteiger partial charge is 0.493 e. The average molecular weight is 470 g/mol. The molecule has 4 aromatic rings. The Morgan fingerprint density at radius 1 is 1.17 bits per heavy atom. The molecule has 0 unspecified atom stereocenters. The van der Waals surface area contributed by atoms with Crippen LogP contribution in [0.5, 0.6) is 5.88 Å². The molecule has 1 aliphatic carbocycles. The van der Waals surface area contributed by atoms with E-state index in [1.54, 1.807) is 23.0 Å². The van der Waals surface area contributed by atoms with Gasteiger partial charge in [0.25, 0.3) is 0 Å². The Hall–Kier alpha value is -4.66. The molecule has 12 nitrogen and oxygen atoms in total. The van der Waals surface area contributed by atoms with Crippen LogP contribution in [-0.2, 0) is 0 Å². The highest BCUT2D eigenvalue weighted by Crippen LogP contribution is 2.24. The highest BCUT2D eigenvalue weighted by Gasteiger charge is 2.26. The van der Waals surface area contributed by atoms with Gasteiger partial charge in [-0.15, -0.1) is 0 Å². The zero-order chi connectivity index (χ0) is 23.9. The maximum absolute atomic E-state index is 11.6. The molecule has 12 heteroatoms. The van der Waals surface area contributed by atoms with Crippen molar-refractivity contribution in [2.24, 2.45) is 4.99 Å². The van der Waals surface area contributed by atoms with Crippen molar-refractivity contribution in [2.45, 2.75) is 18.9 Å². The van der Waals surface area contributed by atoms with Gasteiger partial charge >= 0.3 is 5.69 Å². The molecule has 2 aliphatic rings. The lowest BCUT2D eigenvalue weighted by atomic mass is 10.2. The summed E-state index contributed by atoms with van der Waals surface area (Å²) in [6.45, 7) is 2.80. The summed E-state index contributed by atoms with van der Waals surface area (Å²) in [5.41, 5.74) is 1.08. The van der Waals surface area contributed by atoms with Crippen molar-refractivity contribution >= 4 is 23.4 Å². The minimum atomic E-state index is -0.513. The van der Waals surface area contributed by atoms with E-state index in [9.17, 15) is 15.2 Å². The summed E-state index contributed by atoms with van der Waals surface area (Å²) < 4.78 is 1.57. The van der Waals surface area contributed by atoms with Crippen LogP contribution >= 0.6 is 0 Å². The van der Waals surface area contributed by atoms with E-state index in [-0.39, 0.29) is 17.6 Å². The van der Waals surface area contributed by atoms with E-state index < -0.39 is 5.69 Å². The molecular weight excluding hydrogens is 448 g/mol. The lowest BCUT2D eigenvalue weighted by Crippen LogP contribution is -2.48. The van der Waals surface area contributed by atoms with Gasteiger partial charge in [0.1, 0.15) is 23.1 Å². The molecule has 3 N–H and O–H groups in total. The summed E-state index contributed by atoms with van der Waals surface area (Å²) in [5.74, 6) is 1.22. The maximum atomic E-state index is 11.6. The number of aromatic nitrogens is 6. The second-order valence-corrected chi connectivity index (χ2v) is 8.59. The van der Waals surface area contributed by atoms with E-state index in [1.807, 2.05) is 18.2 Å². The SMILES string of the molecule is N#Cc1c(N2CCN(c3ccccn3)CC2)nc2/c(=C\c3[nH]c(=O)[nH]c3O)cnn2c1=NC1CC1. The topological polar surface area (TPSA) is 155 Å². The third kappa shape index (κ3) is 3.86. The monoisotopic (exact) mass is 470 g/mol. The first-order chi connectivity index (χ1) is 17.1. The van der Waals surface area contributed by atoms with Crippen molar-refractivity contribution in [3.05, 3.63) is 63.0 Å². The number of fused-ring (bicyclic) bond motifs is 1. The van der Waals surface area contributed by atoms with Crippen molar-refractivity contribution in [1.29, 1.82) is 5.26 Å². The molecule has 0 radical (unpaired) electrons. The van der Waals surface area contributed by atoms with Crippen LogP contribution < -0.4 is 26.2 Å². The smallest absolute Gasteiger partial charge is 0.326 e. The number of pyridine rings is 1. The lowest BCUT2D eigenvalue weighted by molar-refractivity contribution is 0.454. The summed E-state index contributed by atoms with van der Waals surface area (Å²) in [4.78, 5) is 34.8. The van der Waals surface area contributed by atoms with Crippen LogP contribution in [0.2, 0.25) is 0 Å². The van der Waals surface area contributed by atoms with E-state index in [2.05, 4.69) is 35.9 Å². The van der Waals surface area contributed by atoms with Crippen LogP contribution in [0, 0.1) is 11.3 Å². The molecule has 35 heavy (non-hydrogen) atoms. The molecule has 4 aromatic heterocycles.